The number of nitrogens with zero attached hydrogens (tertiary/aromatic N) is 3. The van der Waals surface area contributed by atoms with Gasteiger partial charge in [-0.15, -0.1) is 0 Å². The molecule has 1 saturated heterocycles. The Hall–Kier alpha value is -2.15. The van der Waals surface area contributed by atoms with Gasteiger partial charge in [0.1, 0.15) is 0 Å². The fraction of sp³-hybridized carbons (Fsp3) is 0.429. The van der Waals surface area contributed by atoms with Crippen LogP contribution in [0.1, 0.15) is 23.7 Å². The Balaban J connectivity index is 2.14. The van der Waals surface area contributed by atoms with Crippen LogP contribution in [0.3, 0.4) is 0 Å². The summed E-state index contributed by atoms with van der Waals surface area (Å²) >= 11 is 5.99. The number of halogens is 1. The van der Waals surface area contributed by atoms with E-state index >= 15 is 0 Å². The molecule has 1 aliphatic heterocycles. The maximum Gasteiger partial charge on any atom is 0.270 e. The number of nitro benzene ring substituents is 1. The second-order valence-electron chi connectivity index (χ2n) is 5.07. The molecule has 1 aromatic rings. The number of nitro groups is 1. The van der Waals surface area contributed by atoms with Crippen molar-refractivity contribution in [3.05, 3.63) is 38.9 Å². The van der Waals surface area contributed by atoms with Gasteiger partial charge in [-0.3, -0.25) is 19.7 Å². The van der Waals surface area contributed by atoms with Gasteiger partial charge in [0.25, 0.3) is 11.6 Å². The standard InChI is InChI=1S/C14H16ClN3O4/c1-10(19)16-5-2-6-17(8-7-16)14(20)12-4-3-11(18(21)22)9-13(12)15/h3-4,9H,2,5-8H2,1H3. The van der Waals surface area contributed by atoms with Gasteiger partial charge in [0.2, 0.25) is 5.91 Å². The Morgan fingerprint density at radius 2 is 1.82 bits per heavy atom. The second-order valence-corrected chi connectivity index (χ2v) is 5.48. The van der Waals surface area contributed by atoms with Crippen molar-refractivity contribution in [3.8, 4) is 0 Å². The van der Waals surface area contributed by atoms with E-state index in [1.54, 1.807) is 9.80 Å². The van der Waals surface area contributed by atoms with E-state index in [0.717, 1.165) is 0 Å². The summed E-state index contributed by atoms with van der Waals surface area (Å²) in [6.07, 6.45) is 0.690. The third-order valence-corrected chi connectivity index (χ3v) is 3.94. The highest BCUT2D eigenvalue weighted by molar-refractivity contribution is 6.34. The van der Waals surface area contributed by atoms with E-state index in [1.807, 2.05) is 0 Å². The predicted octanol–water partition coefficient (Wildman–Crippen LogP) is 1.94. The Morgan fingerprint density at radius 1 is 1.18 bits per heavy atom. The summed E-state index contributed by atoms with van der Waals surface area (Å²) in [5.74, 6) is -0.284. The first kappa shape index (κ1) is 16.2. The molecule has 1 aromatic carbocycles. The van der Waals surface area contributed by atoms with Crippen LogP contribution in [0.4, 0.5) is 5.69 Å². The molecule has 7 nitrogen and oxygen atoms in total. The molecule has 1 fully saturated rings. The number of carbonyl (C=O) groups is 2. The zero-order valence-corrected chi connectivity index (χ0v) is 12.9. The maximum atomic E-state index is 12.5. The van der Waals surface area contributed by atoms with Gasteiger partial charge in [-0.1, -0.05) is 11.6 Å². The van der Waals surface area contributed by atoms with E-state index < -0.39 is 4.92 Å². The molecule has 0 aliphatic carbocycles. The minimum atomic E-state index is -0.559. The first-order valence-electron chi connectivity index (χ1n) is 6.89. The van der Waals surface area contributed by atoms with E-state index in [1.165, 1.54) is 25.1 Å². The summed E-state index contributed by atoms with van der Waals surface area (Å²) in [7, 11) is 0. The first-order chi connectivity index (χ1) is 10.4. The quantitative estimate of drug-likeness (QED) is 0.614. The average Bonchev–Trinajstić information content (AvgIpc) is 2.72. The third-order valence-electron chi connectivity index (χ3n) is 3.62. The van der Waals surface area contributed by atoms with Gasteiger partial charge in [-0.25, -0.2) is 0 Å². The SMILES string of the molecule is CC(=O)N1CCCN(C(=O)c2ccc([N+](=O)[O-])cc2Cl)CC1. The molecule has 2 amide bonds. The van der Waals surface area contributed by atoms with Crippen molar-refractivity contribution in [2.75, 3.05) is 26.2 Å². The van der Waals surface area contributed by atoms with Gasteiger partial charge in [-0.2, -0.15) is 0 Å². The lowest BCUT2D eigenvalue weighted by Crippen LogP contribution is -2.36. The molecule has 1 heterocycles. The molecule has 2 rings (SSSR count). The summed E-state index contributed by atoms with van der Waals surface area (Å²) in [5, 5.41) is 10.8. The van der Waals surface area contributed by atoms with Crippen molar-refractivity contribution < 1.29 is 14.5 Å². The minimum absolute atomic E-state index is 0.0114. The molecule has 0 radical (unpaired) electrons. The van der Waals surface area contributed by atoms with Crippen molar-refractivity contribution in [2.45, 2.75) is 13.3 Å². The molecule has 0 saturated carbocycles. The van der Waals surface area contributed by atoms with E-state index in [-0.39, 0.29) is 28.1 Å². The summed E-state index contributed by atoms with van der Waals surface area (Å²) in [6, 6.07) is 3.81. The maximum absolute atomic E-state index is 12.5. The lowest BCUT2D eigenvalue weighted by atomic mass is 10.1. The minimum Gasteiger partial charge on any atom is -0.341 e. The Kier molecular flexibility index (Phi) is 4.97. The molecule has 118 valence electrons. The fourth-order valence-corrected chi connectivity index (χ4v) is 2.65. The van der Waals surface area contributed by atoms with E-state index in [9.17, 15) is 19.7 Å². The van der Waals surface area contributed by atoms with Crippen LogP contribution in [0.5, 0.6) is 0 Å². The topological polar surface area (TPSA) is 83.8 Å². The molecule has 22 heavy (non-hydrogen) atoms. The van der Waals surface area contributed by atoms with Crippen LogP contribution in [0, 0.1) is 10.1 Å². The molecule has 0 bridgehead atoms. The van der Waals surface area contributed by atoms with E-state index in [0.29, 0.717) is 32.6 Å². The van der Waals surface area contributed by atoms with Gasteiger partial charge < -0.3 is 9.80 Å². The van der Waals surface area contributed by atoms with Gasteiger partial charge >= 0.3 is 0 Å². The molecule has 0 spiro atoms. The number of hydrogen-bond acceptors (Lipinski definition) is 4. The van der Waals surface area contributed by atoms with Crippen LogP contribution >= 0.6 is 11.6 Å². The molecule has 0 N–H and O–H groups in total. The van der Waals surface area contributed by atoms with Gasteiger partial charge in [0, 0.05) is 45.2 Å². The largest absolute Gasteiger partial charge is 0.341 e. The monoisotopic (exact) mass is 325 g/mol. The summed E-state index contributed by atoms with van der Waals surface area (Å²) in [6.45, 7) is 3.55. The molecule has 0 unspecified atom stereocenters. The number of carbonyl (C=O) groups excluding carboxylic acids is 2. The predicted molar refractivity (Wildman–Crippen MR) is 80.9 cm³/mol. The Bertz CT molecular complexity index is 620. The molecule has 0 aromatic heterocycles. The van der Waals surface area contributed by atoms with Crippen molar-refractivity contribution in [1.82, 2.24) is 9.80 Å². The smallest absolute Gasteiger partial charge is 0.270 e. The van der Waals surface area contributed by atoms with Gasteiger partial charge in [0.05, 0.1) is 15.5 Å². The highest BCUT2D eigenvalue weighted by Crippen LogP contribution is 2.24. The Labute approximate surface area is 132 Å². The van der Waals surface area contributed by atoms with Gasteiger partial charge in [0.15, 0.2) is 0 Å². The number of non-ortho nitro benzene ring substituents is 1. The number of amides is 2. The lowest BCUT2D eigenvalue weighted by Gasteiger charge is -2.21. The number of benzene rings is 1. The van der Waals surface area contributed by atoms with Crippen LogP contribution < -0.4 is 0 Å². The lowest BCUT2D eigenvalue weighted by molar-refractivity contribution is -0.384. The van der Waals surface area contributed by atoms with E-state index in [4.69, 9.17) is 11.6 Å². The highest BCUT2D eigenvalue weighted by atomic mass is 35.5. The van der Waals surface area contributed by atoms with Gasteiger partial charge in [-0.05, 0) is 12.5 Å². The number of rotatable bonds is 2. The second kappa shape index (κ2) is 6.74. The summed E-state index contributed by atoms with van der Waals surface area (Å²) < 4.78 is 0. The van der Waals surface area contributed by atoms with Crippen LogP contribution in [0.2, 0.25) is 5.02 Å². The van der Waals surface area contributed by atoms with Crippen LogP contribution in [-0.2, 0) is 4.79 Å². The van der Waals surface area contributed by atoms with Crippen LogP contribution in [0.15, 0.2) is 18.2 Å². The van der Waals surface area contributed by atoms with E-state index in [2.05, 4.69) is 0 Å². The van der Waals surface area contributed by atoms with Crippen molar-refractivity contribution >= 4 is 29.1 Å². The molecule has 0 atom stereocenters. The molecular formula is C14H16ClN3O4. The summed E-state index contributed by atoms with van der Waals surface area (Å²) in [4.78, 5) is 37.3. The molecule has 8 heteroatoms. The molecular weight excluding hydrogens is 310 g/mol. The highest BCUT2D eigenvalue weighted by Gasteiger charge is 2.23. The number of hydrogen-bond donors (Lipinski definition) is 0. The summed E-state index contributed by atoms with van der Waals surface area (Å²) in [5.41, 5.74) is 0.0868. The Morgan fingerprint density at radius 3 is 2.41 bits per heavy atom. The van der Waals surface area contributed by atoms with Crippen molar-refractivity contribution in [1.29, 1.82) is 0 Å². The molecule has 1 aliphatic rings. The first-order valence-corrected chi connectivity index (χ1v) is 7.26. The third kappa shape index (κ3) is 3.54. The average molecular weight is 326 g/mol. The van der Waals surface area contributed by atoms with Crippen molar-refractivity contribution in [3.63, 3.8) is 0 Å². The van der Waals surface area contributed by atoms with Crippen molar-refractivity contribution in [2.24, 2.45) is 0 Å². The zero-order valence-electron chi connectivity index (χ0n) is 12.1. The van der Waals surface area contributed by atoms with Crippen LogP contribution in [0.25, 0.3) is 0 Å². The normalized spacial score (nSPS) is 15.4. The zero-order chi connectivity index (χ0) is 16.3. The van der Waals surface area contributed by atoms with Crippen LogP contribution in [-0.4, -0.2) is 52.7 Å². The fourth-order valence-electron chi connectivity index (χ4n) is 2.40.